The first-order valence-corrected chi connectivity index (χ1v) is 11.0. The van der Waals surface area contributed by atoms with Crippen molar-refractivity contribution < 1.29 is 0 Å². The molecule has 0 spiro atoms. The summed E-state index contributed by atoms with van der Waals surface area (Å²) in [6, 6.07) is 41.2. The summed E-state index contributed by atoms with van der Waals surface area (Å²) in [5, 5.41) is 6.44. The van der Waals surface area contributed by atoms with Crippen LogP contribution >= 0.6 is 0 Å². The van der Waals surface area contributed by atoms with Gasteiger partial charge in [-0.1, -0.05) is 78.9 Å². The summed E-state index contributed by atoms with van der Waals surface area (Å²) >= 11 is 0. The maximum absolute atomic E-state index is 2.43. The molecule has 0 aliphatic heterocycles. The van der Waals surface area contributed by atoms with Gasteiger partial charge in [-0.25, -0.2) is 0 Å². The highest BCUT2D eigenvalue weighted by Gasteiger charge is 2.20. The molecule has 0 amide bonds. The Morgan fingerprint density at radius 3 is 1.75 bits per heavy atom. The van der Waals surface area contributed by atoms with Gasteiger partial charge in [-0.05, 0) is 41.8 Å². The molecule has 0 aliphatic carbocycles. The molecule has 7 aromatic rings. The first-order valence-electron chi connectivity index (χ1n) is 11.0. The number of hydrogen-bond acceptors (Lipinski definition) is 0. The molecule has 0 saturated carbocycles. The van der Waals surface area contributed by atoms with Crippen molar-refractivity contribution in [1.82, 2.24) is 9.13 Å². The summed E-state index contributed by atoms with van der Waals surface area (Å²) in [7, 11) is 0. The second-order valence-corrected chi connectivity index (χ2v) is 8.24. The monoisotopic (exact) mass is 408 g/mol. The second-order valence-electron chi connectivity index (χ2n) is 8.24. The van der Waals surface area contributed by atoms with Gasteiger partial charge in [-0.15, -0.1) is 0 Å². The third-order valence-electron chi connectivity index (χ3n) is 6.52. The molecule has 2 heterocycles. The summed E-state index contributed by atoms with van der Waals surface area (Å²) in [5.41, 5.74) is 6.11. The van der Waals surface area contributed by atoms with E-state index in [1.165, 1.54) is 54.9 Å². The summed E-state index contributed by atoms with van der Waals surface area (Å²) in [5.74, 6) is 0. The van der Waals surface area contributed by atoms with Gasteiger partial charge < -0.3 is 9.13 Å². The van der Waals surface area contributed by atoms with E-state index in [4.69, 9.17) is 0 Å². The van der Waals surface area contributed by atoms with Crippen molar-refractivity contribution in [3.8, 4) is 11.4 Å². The molecule has 0 fully saturated rings. The van der Waals surface area contributed by atoms with E-state index in [0.717, 1.165) is 0 Å². The lowest BCUT2D eigenvalue weighted by atomic mass is 10.0. The molecule has 0 atom stereocenters. The van der Waals surface area contributed by atoms with E-state index in [1.807, 2.05) is 0 Å². The van der Waals surface area contributed by atoms with Gasteiger partial charge >= 0.3 is 0 Å². The van der Waals surface area contributed by atoms with E-state index < -0.39 is 0 Å². The van der Waals surface area contributed by atoms with Crippen molar-refractivity contribution in [1.29, 1.82) is 0 Å². The zero-order chi connectivity index (χ0) is 21.1. The van der Waals surface area contributed by atoms with Gasteiger partial charge in [0.25, 0.3) is 0 Å². The van der Waals surface area contributed by atoms with Crippen LogP contribution in [0, 0.1) is 0 Å². The topological polar surface area (TPSA) is 9.86 Å². The minimum atomic E-state index is 1.18. The van der Waals surface area contributed by atoms with Crippen molar-refractivity contribution in [3.63, 3.8) is 0 Å². The van der Waals surface area contributed by atoms with Crippen LogP contribution in [0.5, 0.6) is 0 Å². The third kappa shape index (κ3) is 2.29. The van der Waals surface area contributed by atoms with E-state index in [0.29, 0.717) is 0 Å². The highest BCUT2D eigenvalue weighted by molar-refractivity contribution is 6.31. The number of aromatic nitrogens is 2. The molecular weight excluding hydrogens is 388 g/mol. The fourth-order valence-corrected chi connectivity index (χ4v) is 5.22. The number of para-hydroxylation sites is 3. The summed E-state index contributed by atoms with van der Waals surface area (Å²) in [6.45, 7) is 0. The van der Waals surface area contributed by atoms with Crippen LogP contribution in [0.4, 0.5) is 0 Å². The molecule has 2 nitrogen and oxygen atoms in total. The van der Waals surface area contributed by atoms with Crippen molar-refractivity contribution in [2.45, 2.75) is 0 Å². The average molecular weight is 409 g/mol. The first-order chi connectivity index (χ1) is 15.9. The zero-order valence-electron chi connectivity index (χ0n) is 17.4. The van der Waals surface area contributed by atoms with Crippen LogP contribution in [-0.4, -0.2) is 9.13 Å². The summed E-state index contributed by atoms with van der Waals surface area (Å²) < 4.78 is 4.75. The van der Waals surface area contributed by atoms with Crippen LogP contribution in [0.2, 0.25) is 0 Å². The van der Waals surface area contributed by atoms with E-state index in [2.05, 4.69) is 131 Å². The van der Waals surface area contributed by atoms with E-state index in [9.17, 15) is 0 Å². The number of nitrogens with zero attached hydrogens (tertiary/aromatic N) is 2. The largest absolute Gasteiger partial charge is 0.316 e. The normalized spacial score (nSPS) is 11.8. The minimum absolute atomic E-state index is 1.18. The van der Waals surface area contributed by atoms with Gasteiger partial charge in [0, 0.05) is 39.1 Å². The van der Waals surface area contributed by atoms with Crippen molar-refractivity contribution >= 4 is 43.5 Å². The fourth-order valence-electron chi connectivity index (χ4n) is 5.22. The van der Waals surface area contributed by atoms with Crippen molar-refractivity contribution in [3.05, 3.63) is 121 Å². The van der Waals surface area contributed by atoms with Crippen LogP contribution in [0.15, 0.2) is 121 Å². The van der Waals surface area contributed by atoms with Crippen LogP contribution in [0.3, 0.4) is 0 Å². The Hall–Kier alpha value is -4.30. The summed E-state index contributed by atoms with van der Waals surface area (Å²) in [6.07, 6.45) is 2.21. The molecule has 0 bridgehead atoms. The van der Waals surface area contributed by atoms with Gasteiger partial charge in [0.1, 0.15) is 0 Å². The molecular formula is C30H20N2. The molecule has 2 aromatic heterocycles. The predicted octanol–water partition coefficient (Wildman–Crippen LogP) is 7.88. The maximum Gasteiger partial charge on any atom is 0.0641 e. The van der Waals surface area contributed by atoms with Crippen LogP contribution in [0.25, 0.3) is 54.9 Å². The smallest absolute Gasteiger partial charge is 0.0641 e. The highest BCUT2D eigenvalue weighted by atomic mass is 15.0. The number of benzene rings is 5. The molecule has 150 valence electrons. The van der Waals surface area contributed by atoms with Crippen molar-refractivity contribution in [2.24, 2.45) is 0 Å². The Morgan fingerprint density at radius 2 is 1.00 bits per heavy atom. The molecule has 0 N–H and O–H groups in total. The lowest BCUT2D eigenvalue weighted by Crippen LogP contribution is -1.95. The highest BCUT2D eigenvalue weighted by Crippen LogP contribution is 2.43. The Labute approximate surface area is 185 Å². The second kappa shape index (κ2) is 6.60. The summed E-state index contributed by atoms with van der Waals surface area (Å²) in [4.78, 5) is 0. The number of rotatable bonds is 2. The maximum atomic E-state index is 2.43. The Morgan fingerprint density at radius 1 is 0.406 bits per heavy atom. The SMILES string of the molecule is c1ccc(-n2ccc3c2c2ccccc2c2c4ccccc4n(-c4ccccc4)c32)cc1. The number of hydrogen-bond donors (Lipinski definition) is 0. The molecule has 5 aromatic carbocycles. The van der Waals surface area contributed by atoms with Crippen LogP contribution in [-0.2, 0) is 0 Å². The Kier molecular flexibility index (Phi) is 3.58. The minimum Gasteiger partial charge on any atom is -0.316 e. The van der Waals surface area contributed by atoms with Gasteiger partial charge in [0.2, 0.25) is 0 Å². The molecule has 32 heavy (non-hydrogen) atoms. The molecule has 0 radical (unpaired) electrons. The number of fused-ring (bicyclic) bond motifs is 8. The zero-order valence-corrected chi connectivity index (χ0v) is 17.4. The standard InChI is InChI=1S/C30H20N2/c1-3-11-21(12-4-1)31-20-19-26-29(31)24-16-8-7-15-23(24)28-25-17-9-10-18-27(25)32(30(26)28)22-13-5-2-6-14-22/h1-20H. The van der Waals surface area contributed by atoms with Crippen molar-refractivity contribution in [2.75, 3.05) is 0 Å². The predicted molar refractivity (Wildman–Crippen MR) is 135 cm³/mol. The van der Waals surface area contributed by atoms with Gasteiger partial charge in [0.15, 0.2) is 0 Å². The molecule has 0 saturated heterocycles. The molecule has 7 rings (SSSR count). The van der Waals surface area contributed by atoms with Gasteiger partial charge in [-0.2, -0.15) is 0 Å². The Balaban J connectivity index is 1.79. The lowest BCUT2D eigenvalue weighted by molar-refractivity contribution is 1.13. The Bertz CT molecular complexity index is 1750. The van der Waals surface area contributed by atoms with Gasteiger partial charge in [-0.3, -0.25) is 0 Å². The molecule has 0 unspecified atom stereocenters. The van der Waals surface area contributed by atoms with Crippen LogP contribution < -0.4 is 0 Å². The van der Waals surface area contributed by atoms with E-state index >= 15 is 0 Å². The average Bonchev–Trinajstić information content (AvgIpc) is 3.45. The molecule has 0 aliphatic rings. The molecule has 2 heteroatoms. The quantitative estimate of drug-likeness (QED) is 0.275. The fraction of sp³-hybridized carbons (Fsp3) is 0. The van der Waals surface area contributed by atoms with E-state index in [-0.39, 0.29) is 0 Å². The van der Waals surface area contributed by atoms with Crippen LogP contribution in [0.1, 0.15) is 0 Å². The third-order valence-corrected chi connectivity index (χ3v) is 6.52. The lowest BCUT2D eigenvalue weighted by Gasteiger charge is -2.12. The van der Waals surface area contributed by atoms with E-state index in [1.54, 1.807) is 0 Å². The first kappa shape index (κ1) is 17.4. The van der Waals surface area contributed by atoms with Gasteiger partial charge in [0.05, 0.1) is 16.6 Å².